The SMILES string of the molecule is CC[C@H](/C=C/[C@@H](C)[C@H]1CC[C@H]2[C@@H]3CC=C4C[C@@H](OC(=O)NCCN(C)CCO)CC[C@]4(C)C3CC[C@]12C)C(C)C. The zero-order valence-electron chi connectivity index (χ0n) is 26.8. The van der Waals surface area contributed by atoms with Gasteiger partial charge >= 0.3 is 6.09 Å². The third kappa shape index (κ3) is 6.51. The second-order valence-electron chi connectivity index (χ2n) is 14.8. The van der Waals surface area contributed by atoms with Gasteiger partial charge in [0.05, 0.1) is 6.61 Å². The van der Waals surface area contributed by atoms with E-state index in [1.807, 2.05) is 11.9 Å². The lowest BCUT2D eigenvalue weighted by atomic mass is 9.47. The van der Waals surface area contributed by atoms with Crippen LogP contribution in [0.25, 0.3) is 0 Å². The van der Waals surface area contributed by atoms with Crippen LogP contribution >= 0.6 is 0 Å². The van der Waals surface area contributed by atoms with E-state index < -0.39 is 0 Å². The third-order valence-electron chi connectivity index (χ3n) is 12.3. The maximum Gasteiger partial charge on any atom is 0.407 e. The Bertz CT molecular complexity index is 914. The van der Waals surface area contributed by atoms with Crippen molar-refractivity contribution in [2.75, 3.05) is 33.3 Å². The summed E-state index contributed by atoms with van der Waals surface area (Å²) in [6.07, 6.45) is 18.4. The molecular formula is C35H60N2O3. The van der Waals surface area contributed by atoms with Crippen LogP contribution in [0.2, 0.25) is 0 Å². The van der Waals surface area contributed by atoms with Gasteiger partial charge in [0.1, 0.15) is 6.10 Å². The third-order valence-corrected chi connectivity index (χ3v) is 12.3. The molecule has 9 atom stereocenters. The van der Waals surface area contributed by atoms with Crippen LogP contribution < -0.4 is 5.32 Å². The van der Waals surface area contributed by atoms with Crippen LogP contribution in [0.4, 0.5) is 4.79 Å². The van der Waals surface area contributed by atoms with Gasteiger partial charge in [0.2, 0.25) is 0 Å². The smallest absolute Gasteiger partial charge is 0.407 e. The zero-order chi connectivity index (χ0) is 29.1. The second-order valence-corrected chi connectivity index (χ2v) is 14.8. The van der Waals surface area contributed by atoms with Crippen molar-refractivity contribution >= 4 is 6.09 Å². The summed E-state index contributed by atoms with van der Waals surface area (Å²) in [7, 11) is 1.95. The Kier molecular flexibility index (Phi) is 10.5. The number of fused-ring (bicyclic) bond motifs is 5. The van der Waals surface area contributed by atoms with Crippen molar-refractivity contribution in [1.82, 2.24) is 10.2 Å². The van der Waals surface area contributed by atoms with Gasteiger partial charge in [-0.3, -0.25) is 0 Å². The lowest BCUT2D eigenvalue weighted by Gasteiger charge is -2.58. The van der Waals surface area contributed by atoms with Gasteiger partial charge in [0.25, 0.3) is 0 Å². The van der Waals surface area contributed by atoms with Crippen LogP contribution in [0.3, 0.4) is 0 Å². The highest BCUT2D eigenvalue weighted by Crippen LogP contribution is 2.67. The summed E-state index contributed by atoms with van der Waals surface area (Å²) >= 11 is 0. The molecule has 0 bridgehead atoms. The summed E-state index contributed by atoms with van der Waals surface area (Å²) in [5.41, 5.74) is 2.30. The normalized spacial score (nSPS) is 37.0. The van der Waals surface area contributed by atoms with Gasteiger partial charge in [-0.05, 0) is 111 Å². The molecule has 4 rings (SSSR count). The summed E-state index contributed by atoms with van der Waals surface area (Å²) in [5, 5.41) is 11.9. The fourth-order valence-electron chi connectivity index (χ4n) is 9.74. The van der Waals surface area contributed by atoms with E-state index in [0.29, 0.717) is 36.9 Å². The van der Waals surface area contributed by atoms with Gasteiger partial charge in [-0.1, -0.05) is 65.3 Å². The Labute approximate surface area is 245 Å². The number of carbonyl (C=O) groups is 1. The molecule has 0 radical (unpaired) electrons. The predicted molar refractivity (Wildman–Crippen MR) is 165 cm³/mol. The van der Waals surface area contributed by atoms with Gasteiger partial charge in [-0.2, -0.15) is 0 Å². The summed E-state index contributed by atoms with van der Waals surface area (Å²) in [5.74, 6) is 5.33. The van der Waals surface area contributed by atoms with Crippen LogP contribution in [0.1, 0.15) is 99.3 Å². The Morgan fingerprint density at radius 2 is 1.90 bits per heavy atom. The number of ether oxygens (including phenoxy) is 1. The molecule has 228 valence electrons. The van der Waals surface area contributed by atoms with Crippen molar-refractivity contribution in [2.45, 2.75) is 105 Å². The van der Waals surface area contributed by atoms with E-state index in [-0.39, 0.29) is 24.2 Å². The Morgan fingerprint density at radius 3 is 2.60 bits per heavy atom. The first-order valence-electron chi connectivity index (χ1n) is 16.6. The largest absolute Gasteiger partial charge is 0.446 e. The van der Waals surface area contributed by atoms with Crippen molar-refractivity contribution in [3.8, 4) is 0 Å². The van der Waals surface area contributed by atoms with Gasteiger partial charge in [0, 0.05) is 26.1 Å². The molecule has 1 unspecified atom stereocenters. The number of alkyl carbamates (subject to hydrolysis) is 1. The molecule has 0 heterocycles. The molecule has 40 heavy (non-hydrogen) atoms. The molecule has 3 fully saturated rings. The van der Waals surface area contributed by atoms with E-state index in [4.69, 9.17) is 9.84 Å². The second kappa shape index (κ2) is 13.3. The summed E-state index contributed by atoms with van der Waals surface area (Å²) in [4.78, 5) is 14.5. The van der Waals surface area contributed by atoms with Crippen molar-refractivity contribution in [3.63, 3.8) is 0 Å². The number of carbonyl (C=O) groups excluding carboxylic acids is 1. The standard InChI is InChI=1S/C35H60N2O3/c1-8-26(24(2)3)10-9-25(4)30-13-14-31-29-12-11-27-23-28(40-33(39)36-19-20-37(7)21-22-38)15-17-34(27,5)32(29)16-18-35(30,31)6/h9-11,24-26,28-32,38H,8,12-23H2,1-7H3,(H,36,39)/b10-9+/t25-,26-,28+,29+,30-,31+,32?,34+,35-/m1/s1. The molecule has 0 aromatic carbocycles. The molecule has 1 amide bonds. The minimum atomic E-state index is -0.299. The van der Waals surface area contributed by atoms with Crippen LogP contribution in [-0.2, 0) is 4.74 Å². The van der Waals surface area contributed by atoms with E-state index in [9.17, 15) is 4.79 Å². The monoisotopic (exact) mass is 556 g/mol. The highest BCUT2D eigenvalue weighted by Gasteiger charge is 2.59. The van der Waals surface area contributed by atoms with Crippen molar-refractivity contribution in [3.05, 3.63) is 23.8 Å². The summed E-state index contributed by atoms with van der Waals surface area (Å²) in [6, 6.07) is 0. The number of nitrogens with zero attached hydrogens (tertiary/aromatic N) is 1. The summed E-state index contributed by atoms with van der Waals surface area (Å²) in [6.45, 7) is 16.7. The zero-order valence-corrected chi connectivity index (χ0v) is 26.8. The van der Waals surface area contributed by atoms with E-state index in [1.165, 1.54) is 38.5 Å². The minimum absolute atomic E-state index is 0.0128. The van der Waals surface area contributed by atoms with Crippen molar-refractivity contribution in [2.24, 2.45) is 52.3 Å². The molecule has 2 N–H and O–H groups in total. The number of rotatable bonds is 11. The number of likely N-dealkylation sites (N-methyl/N-ethyl adjacent to an activating group) is 1. The molecule has 4 aliphatic carbocycles. The lowest BCUT2D eigenvalue weighted by Crippen LogP contribution is -2.51. The van der Waals surface area contributed by atoms with E-state index in [1.54, 1.807) is 5.57 Å². The van der Waals surface area contributed by atoms with Crippen LogP contribution in [0.5, 0.6) is 0 Å². The molecule has 0 spiro atoms. The van der Waals surface area contributed by atoms with Gasteiger partial charge in [-0.15, -0.1) is 0 Å². The van der Waals surface area contributed by atoms with Gasteiger partial charge < -0.3 is 20.1 Å². The number of nitrogens with one attached hydrogen (secondary N) is 1. The first kappa shape index (κ1) is 31.6. The molecule has 4 aliphatic rings. The number of allylic oxidation sites excluding steroid dienone is 3. The average molecular weight is 557 g/mol. The molecular weight excluding hydrogens is 496 g/mol. The number of hydrogen-bond acceptors (Lipinski definition) is 4. The molecule has 3 saturated carbocycles. The summed E-state index contributed by atoms with van der Waals surface area (Å²) < 4.78 is 5.89. The van der Waals surface area contributed by atoms with E-state index in [0.717, 1.165) is 48.9 Å². The highest BCUT2D eigenvalue weighted by atomic mass is 16.6. The number of amides is 1. The highest BCUT2D eigenvalue weighted by molar-refractivity contribution is 5.67. The van der Waals surface area contributed by atoms with Crippen LogP contribution in [0, 0.1) is 52.3 Å². The maximum absolute atomic E-state index is 12.5. The number of hydrogen-bond donors (Lipinski definition) is 2. The fraction of sp³-hybridized carbons (Fsp3) is 0.857. The molecule has 0 aromatic rings. The molecule has 0 saturated heterocycles. The first-order chi connectivity index (χ1) is 19.0. The van der Waals surface area contributed by atoms with Gasteiger partial charge in [0.15, 0.2) is 0 Å². The van der Waals surface area contributed by atoms with Crippen LogP contribution in [0.15, 0.2) is 23.8 Å². The topological polar surface area (TPSA) is 61.8 Å². The lowest BCUT2D eigenvalue weighted by molar-refractivity contribution is -0.0550. The Hall–Kier alpha value is -1.33. The maximum atomic E-state index is 12.5. The molecule has 0 aromatic heterocycles. The van der Waals surface area contributed by atoms with Crippen LogP contribution in [-0.4, -0.2) is 55.5 Å². The van der Waals surface area contributed by atoms with Crippen molar-refractivity contribution < 1.29 is 14.6 Å². The van der Waals surface area contributed by atoms with Crippen molar-refractivity contribution in [1.29, 1.82) is 0 Å². The Morgan fingerprint density at radius 1 is 1.12 bits per heavy atom. The van der Waals surface area contributed by atoms with Gasteiger partial charge in [-0.25, -0.2) is 4.79 Å². The predicted octanol–water partition coefficient (Wildman–Crippen LogP) is 7.46. The van der Waals surface area contributed by atoms with E-state index >= 15 is 0 Å². The Balaban J connectivity index is 1.36. The number of aliphatic hydroxyl groups is 1. The molecule has 5 heteroatoms. The van der Waals surface area contributed by atoms with E-state index in [2.05, 4.69) is 65.1 Å². The first-order valence-corrected chi connectivity index (χ1v) is 16.6. The fourth-order valence-corrected chi connectivity index (χ4v) is 9.74. The number of aliphatic hydroxyl groups excluding tert-OH is 1. The minimum Gasteiger partial charge on any atom is -0.446 e. The molecule has 0 aliphatic heterocycles. The quantitative estimate of drug-likeness (QED) is 0.259. The molecule has 5 nitrogen and oxygen atoms in total. The average Bonchev–Trinajstić information content (AvgIpc) is 3.26.